The van der Waals surface area contributed by atoms with Crippen molar-refractivity contribution in [1.82, 2.24) is 5.32 Å². The number of hydrogen-bond donors (Lipinski definition) is 1. The molecule has 124 valence electrons. The maximum absolute atomic E-state index is 11.9. The van der Waals surface area contributed by atoms with Crippen molar-refractivity contribution >= 4 is 23.5 Å². The fourth-order valence-corrected chi connectivity index (χ4v) is 4.13. The molecule has 4 nitrogen and oxygen atoms in total. The first-order chi connectivity index (χ1) is 11.1. The average Bonchev–Trinajstić information content (AvgIpc) is 3.15. The first-order valence-corrected chi connectivity index (χ1v) is 8.65. The van der Waals surface area contributed by atoms with Gasteiger partial charge in [-0.05, 0) is 48.6 Å². The quantitative estimate of drug-likeness (QED) is 0.811. The van der Waals surface area contributed by atoms with Gasteiger partial charge >= 0.3 is 5.97 Å². The summed E-state index contributed by atoms with van der Waals surface area (Å²) in [5, 5.41) is 3.33. The summed E-state index contributed by atoms with van der Waals surface area (Å²) < 4.78 is 5.11. The molecule has 23 heavy (non-hydrogen) atoms. The Morgan fingerprint density at radius 1 is 1.22 bits per heavy atom. The number of halogens is 1. The number of esters is 1. The first-order valence-electron chi connectivity index (χ1n) is 8.27. The summed E-state index contributed by atoms with van der Waals surface area (Å²) >= 11 is 6.02. The third kappa shape index (κ3) is 4.25. The van der Waals surface area contributed by atoms with Crippen LogP contribution in [0.15, 0.2) is 24.3 Å². The molecule has 0 aliphatic heterocycles. The van der Waals surface area contributed by atoms with Gasteiger partial charge in [-0.15, -0.1) is 0 Å². The zero-order valence-electron chi connectivity index (χ0n) is 13.1. The highest BCUT2D eigenvalue weighted by atomic mass is 35.5. The number of fused-ring (bicyclic) bond motifs is 2. The minimum atomic E-state index is -0.300. The lowest BCUT2D eigenvalue weighted by Crippen LogP contribution is -2.29. The number of amides is 1. The van der Waals surface area contributed by atoms with Crippen LogP contribution in [-0.2, 0) is 20.9 Å². The van der Waals surface area contributed by atoms with E-state index in [4.69, 9.17) is 16.3 Å². The summed E-state index contributed by atoms with van der Waals surface area (Å²) in [7, 11) is 0. The van der Waals surface area contributed by atoms with Crippen molar-refractivity contribution < 1.29 is 14.3 Å². The lowest BCUT2D eigenvalue weighted by molar-refractivity contribution is -0.149. The fourth-order valence-electron chi connectivity index (χ4n) is 3.93. The molecule has 0 aromatic heterocycles. The summed E-state index contributed by atoms with van der Waals surface area (Å²) in [6.45, 7) is 0.118. The van der Waals surface area contributed by atoms with Crippen LogP contribution in [0.5, 0.6) is 0 Å². The topological polar surface area (TPSA) is 55.4 Å². The number of rotatable bonds is 6. The van der Waals surface area contributed by atoms with Crippen LogP contribution >= 0.6 is 11.6 Å². The maximum Gasteiger partial charge on any atom is 0.306 e. The molecule has 2 saturated carbocycles. The summed E-state index contributed by atoms with van der Waals surface area (Å²) in [6, 6.07) is 7.33. The van der Waals surface area contributed by atoms with E-state index in [1.165, 1.54) is 19.3 Å². The van der Waals surface area contributed by atoms with Gasteiger partial charge in [0.1, 0.15) is 0 Å². The predicted octanol–water partition coefficient (Wildman–Crippen LogP) is 3.33. The minimum Gasteiger partial charge on any atom is -0.456 e. The van der Waals surface area contributed by atoms with Gasteiger partial charge in [0, 0.05) is 18.0 Å². The van der Waals surface area contributed by atoms with Gasteiger partial charge in [-0.3, -0.25) is 9.59 Å². The van der Waals surface area contributed by atoms with Gasteiger partial charge in [0.15, 0.2) is 6.61 Å². The summed E-state index contributed by atoms with van der Waals surface area (Å²) in [6.07, 6.45) is 5.45. The van der Waals surface area contributed by atoms with Crippen LogP contribution in [-0.4, -0.2) is 18.5 Å². The molecule has 0 heterocycles. The van der Waals surface area contributed by atoms with Crippen LogP contribution in [0.2, 0.25) is 5.02 Å². The molecule has 5 heteroatoms. The lowest BCUT2D eigenvalue weighted by Gasteiger charge is -2.20. The number of nitrogens with one attached hydrogen (secondary N) is 1. The van der Waals surface area contributed by atoms with E-state index in [1.54, 1.807) is 6.07 Å². The van der Waals surface area contributed by atoms with Crippen LogP contribution in [0.3, 0.4) is 0 Å². The van der Waals surface area contributed by atoms with E-state index in [0.29, 0.717) is 29.8 Å². The Kier molecular flexibility index (Phi) is 5.21. The van der Waals surface area contributed by atoms with Gasteiger partial charge in [0.2, 0.25) is 0 Å². The molecule has 2 aliphatic rings. The number of ether oxygens (including phenoxy) is 1. The van der Waals surface area contributed by atoms with Gasteiger partial charge < -0.3 is 10.1 Å². The van der Waals surface area contributed by atoms with E-state index in [1.807, 2.05) is 18.2 Å². The molecule has 1 N–H and O–H groups in total. The second kappa shape index (κ2) is 7.35. The summed E-state index contributed by atoms with van der Waals surface area (Å²) in [5.41, 5.74) is 0.843. The molecule has 2 fully saturated rings. The number of hydrogen-bond acceptors (Lipinski definition) is 3. The largest absolute Gasteiger partial charge is 0.456 e. The second-order valence-corrected chi connectivity index (χ2v) is 7.08. The van der Waals surface area contributed by atoms with E-state index >= 15 is 0 Å². The molecule has 1 aromatic carbocycles. The number of carbonyl (C=O) groups is 2. The van der Waals surface area contributed by atoms with E-state index in [9.17, 15) is 9.59 Å². The number of benzene rings is 1. The van der Waals surface area contributed by atoms with Crippen molar-refractivity contribution in [2.45, 2.75) is 38.6 Å². The van der Waals surface area contributed by atoms with Crippen LogP contribution in [0.1, 0.15) is 37.7 Å². The summed E-state index contributed by atoms with van der Waals surface area (Å²) in [4.78, 5) is 23.7. The van der Waals surface area contributed by atoms with Crippen LogP contribution in [0.4, 0.5) is 0 Å². The Bertz CT molecular complexity index is 589. The standard InChI is InChI=1S/C18H22ClNO3/c19-16-4-2-1-3-14(16)10-20-17(21)11-23-18(22)9-15-8-12-5-6-13(15)7-12/h1-4,12-13,15H,5-11H2,(H,20,21)/t12-,13-,15+/m1/s1. The third-order valence-corrected chi connectivity index (χ3v) is 5.48. The van der Waals surface area contributed by atoms with E-state index < -0.39 is 0 Å². The molecular formula is C18H22ClNO3. The molecule has 1 amide bonds. The minimum absolute atomic E-state index is 0.218. The second-order valence-electron chi connectivity index (χ2n) is 6.67. The van der Waals surface area contributed by atoms with E-state index in [2.05, 4.69) is 5.32 Å². The smallest absolute Gasteiger partial charge is 0.306 e. The summed E-state index contributed by atoms with van der Waals surface area (Å²) in [5.74, 6) is 1.42. The van der Waals surface area contributed by atoms with Crippen molar-refractivity contribution in [3.8, 4) is 0 Å². The number of carbonyl (C=O) groups excluding carboxylic acids is 2. The van der Waals surface area contributed by atoms with Crippen molar-refractivity contribution in [3.05, 3.63) is 34.9 Å². The molecule has 0 spiro atoms. The molecular weight excluding hydrogens is 314 g/mol. The molecule has 0 radical (unpaired) electrons. The Labute approximate surface area is 141 Å². The zero-order chi connectivity index (χ0) is 16.2. The normalized spacial score (nSPS) is 25.3. The van der Waals surface area contributed by atoms with Crippen molar-refractivity contribution in [3.63, 3.8) is 0 Å². The van der Waals surface area contributed by atoms with Crippen molar-refractivity contribution in [1.29, 1.82) is 0 Å². The highest BCUT2D eigenvalue weighted by molar-refractivity contribution is 6.31. The van der Waals surface area contributed by atoms with Crippen molar-refractivity contribution in [2.24, 2.45) is 17.8 Å². The van der Waals surface area contributed by atoms with E-state index in [0.717, 1.165) is 17.9 Å². The van der Waals surface area contributed by atoms with Gasteiger partial charge in [-0.2, -0.15) is 0 Å². The van der Waals surface area contributed by atoms with Crippen LogP contribution in [0.25, 0.3) is 0 Å². The molecule has 3 atom stereocenters. The average molecular weight is 336 g/mol. The highest BCUT2D eigenvalue weighted by Gasteiger charge is 2.40. The third-order valence-electron chi connectivity index (χ3n) is 5.11. The first kappa shape index (κ1) is 16.3. The van der Waals surface area contributed by atoms with Gasteiger partial charge in [-0.1, -0.05) is 36.2 Å². The lowest BCUT2D eigenvalue weighted by atomic mass is 9.86. The predicted molar refractivity (Wildman–Crippen MR) is 87.8 cm³/mol. The Morgan fingerprint density at radius 2 is 2.04 bits per heavy atom. The molecule has 2 bridgehead atoms. The van der Waals surface area contributed by atoms with Gasteiger partial charge in [0.25, 0.3) is 5.91 Å². The molecule has 2 aliphatic carbocycles. The fraction of sp³-hybridized carbons (Fsp3) is 0.556. The molecule has 0 saturated heterocycles. The SMILES string of the molecule is O=C(COC(=O)C[C@@H]1C[C@@H]2CC[C@@H]1C2)NCc1ccccc1Cl. The monoisotopic (exact) mass is 335 g/mol. The van der Waals surface area contributed by atoms with Crippen LogP contribution < -0.4 is 5.32 Å². The molecule has 1 aromatic rings. The molecule has 3 rings (SSSR count). The van der Waals surface area contributed by atoms with Crippen LogP contribution in [0, 0.1) is 17.8 Å². The molecule has 0 unspecified atom stereocenters. The van der Waals surface area contributed by atoms with Gasteiger partial charge in [-0.25, -0.2) is 0 Å². The van der Waals surface area contributed by atoms with Gasteiger partial charge in [0.05, 0.1) is 0 Å². The Balaban J connectivity index is 1.35. The van der Waals surface area contributed by atoms with Crippen molar-refractivity contribution in [2.75, 3.05) is 6.61 Å². The zero-order valence-corrected chi connectivity index (χ0v) is 13.8. The Morgan fingerprint density at radius 3 is 2.74 bits per heavy atom. The Hall–Kier alpha value is -1.55. The van der Waals surface area contributed by atoms with E-state index in [-0.39, 0.29) is 18.5 Å². The highest BCUT2D eigenvalue weighted by Crippen LogP contribution is 2.49. The maximum atomic E-state index is 11.9.